The Hall–Kier alpha value is -1.38. The number of aryl methyl sites for hydroxylation is 1. The molecule has 2 heterocycles. The first-order valence-electron chi connectivity index (χ1n) is 5.49. The topological polar surface area (TPSA) is 41.6 Å². The van der Waals surface area contributed by atoms with Crippen molar-refractivity contribution in [3.8, 4) is 0 Å². The molecule has 3 nitrogen and oxygen atoms in total. The Bertz CT molecular complexity index is 435. The lowest BCUT2D eigenvalue weighted by atomic mass is 10.1. The SMILES string of the molecule is CC.Cc1cnc2cc(C(C)C)[nH]c2n1.[HH]. The summed E-state index contributed by atoms with van der Waals surface area (Å²) < 4.78 is 0. The second kappa shape index (κ2) is 4.91. The van der Waals surface area contributed by atoms with Gasteiger partial charge in [-0.05, 0) is 18.9 Å². The standard InChI is InChI=1S/C10H13N3.C2H6.H2/c1-6(2)8-4-9-10(13-8)12-7(3)5-11-9;1-2;/h4-6H,1-3H3,(H,12,13);1-2H3;1H. The third-order valence-corrected chi connectivity index (χ3v) is 2.10. The van der Waals surface area contributed by atoms with Crippen LogP contribution in [0.4, 0.5) is 0 Å². The number of rotatable bonds is 1. The van der Waals surface area contributed by atoms with E-state index in [2.05, 4.69) is 34.9 Å². The second-order valence-electron chi connectivity index (χ2n) is 3.62. The van der Waals surface area contributed by atoms with E-state index in [1.54, 1.807) is 6.20 Å². The molecular weight excluding hydrogens is 186 g/mol. The van der Waals surface area contributed by atoms with Crippen LogP contribution in [0.5, 0.6) is 0 Å². The van der Waals surface area contributed by atoms with Gasteiger partial charge in [0.05, 0.1) is 5.69 Å². The summed E-state index contributed by atoms with van der Waals surface area (Å²) in [5.41, 5.74) is 3.99. The van der Waals surface area contributed by atoms with Crippen molar-refractivity contribution in [2.75, 3.05) is 0 Å². The van der Waals surface area contributed by atoms with Crippen molar-refractivity contribution in [2.45, 2.75) is 40.5 Å². The molecule has 2 rings (SSSR count). The summed E-state index contributed by atoms with van der Waals surface area (Å²) in [6.45, 7) is 10.2. The van der Waals surface area contributed by atoms with Gasteiger partial charge in [-0.2, -0.15) is 0 Å². The van der Waals surface area contributed by atoms with Crippen molar-refractivity contribution in [1.82, 2.24) is 15.0 Å². The van der Waals surface area contributed by atoms with E-state index in [9.17, 15) is 0 Å². The molecule has 0 fully saturated rings. The smallest absolute Gasteiger partial charge is 0.156 e. The number of aromatic nitrogens is 3. The van der Waals surface area contributed by atoms with Crippen molar-refractivity contribution in [2.24, 2.45) is 0 Å². The van der Waals surface area contributed by atoms with E-state index in [0.717, 1.165) is 16.9 Å². The van der Waals surface area contributed by atoms with Crippen LogP contribution in [0.15, 0.2) is 12.3 Å². The van der Waals surface area contributed by atoms with Gasteiger partial charge >= 0.3 is 0 Å². The van der Waals surface area contributed by atoms with Gasteiger partial charge in [0.1, 0.15) is 5.52 Å². The molecule has 0 amide bonds. The zero-order valence-corrected chi connectivity index (χ0v) is 10.1. The summed E-state index contributed by atoms with van der Waals surface area (Å²) in [5, 5.41) is 0. The molecule has 15 heavy (non-hydrogen) atoms. The predicted octanol–water partition coefficient (Wildman–Crippen LogP) is 3.66. The molecule has 2 aromatic heterocycles. The van der Waals surface area contributed by atoms with Gasteiger partial charge in [0.2, 0.25) is 0 Å². The van der Waals surface area contributed by atoms with Crippen LogP contribution in [0.3, 0.4) is 0 Å². The van der Waals surface area contributed by atoms with Gasteiger partial charge in [-0.3, -0.25) is 4.98 Å². The molecular formula is C12H21N3. The highest BCUT2D eigenvalue weighted by atomic mass is 14.9. The van der Waals surface area contributed by atoms with E-state index >= 15 is 0 Å². The fourth-order valence-electron chi connectivity index (χ4n) is 1.32. The van der Waals surface area contributed by atoms with Gasteiger partial charge in [-0.1, -0.05) is 27.7 Å². The second-order valence-corrected chi connectivity index (χ2v) is 3.62. The minimum absolute atomic E-state index is 0. The first kappa shape index (κ1) is 11.7. The van der Waals surface area contributed by atoms with Gasteiger partial charge in [0, 0.05) is 13.3 Å². The number of hydrogen-bond acceptors (Lipinski definition) is 2. The maximum absolute atomic E-state index is 4.36. The largest absolute Gasteiger partial charge is 0.342 e. The van der Waals surface area contributed by atoms with Crippen LogP contribution in [0.2, 0.25) is 0 Å². The normalized spacial score (nSPS) is 10.3. The van der Waals surface area contributed by atoms with Crippen molar-refractivity contribution < 1.29 is 1.43 Å². The van der Waals surface area contributed by atoms with E-state index in [-0.39, 0.29) is 1.43 Å². The molecule has 0 saturated carbocycles. The third kappa shape index (κ3) is 2.55. The summed E-state index contributed by atoms with van der Waals surface area (Å²) in [7, 11) is 0. The fourth-order valence-corrected chi connectivity index (χ4v) is 1.32. The minimum atomic E-state index is 0. The number of hydrogen-bond donors (Lipinski definition) is 1. The molecule has 0 atom stereocenters. The zero-order chi connectivity index (χ0) is 11.4. The first-order valence-corrected chi connectivity index (χ1v) is 5.49. The number of fused-ring (bicyclic) bond motifs is 1. The molecule has 0 spiro atoms. The number of nitrogens with zero attached hydrogens (tertiary/aromatic N) is 2. The summed E-state index contributed by atoms with van der Waals surface area (Å²) >= 11 is 0. The van der Waals surface area contributed by atoms with Crippen LogP contribution >= 0.6 is 0 Å². The summed E-state index contributed by atoms with van der Waals surface area (Å²) in [4.78, 5) is 11.9. The molecule has 0 aliphatic heterocycles. The average Bonchev–Trinajstić information content (AvgIpc) is 2.63. The molecule has 0 aliphatic carbocycles. The molecule has 0 bridgehead atoms. The lowest BCUT2D eigenvalue weighted by Crippen LogP contribution is -1.86. The summed E-state index contributed by atoms with van der Waals surface area (Å²) in [6.07, 6.45) is 1.79. The Labute approximate surface area is 92.4 Å². The molecule has 3 heteroatoms. The van der Waals surface area contributed by atoms with Gasteiger partial charge in [-0.25, -0.2) is 4.98 Å². The Balaban J connectivity index is 0.000000711. The van der Waals surface area contributed by atoms with Crippen LogP contribution in [-0.4, -0.2) is 15.0 Å². The Morgan fingerprint density at radius 3 is 2.60 bits per heavy atom. The van der Waals surface area contributed by atoms with Crippen molar-refractivity contribution in [3.63, 3.8) is 0 Å². The quantitative estimate of drug-likeness (QED) is 0.775. The minimum Gasteiger partial charge on any atom is -0.342 e. The summed E-state index contributed by atoms with van der Waals surface area (Å²) in [5.74, 6) is 0.497. The molecule has 0 aliphatic rings. The average molecular weight is 207 g/mol. The first-order chi connectivity index (χ1) is 7.16. The van der Waals surface area contributed by atoms with Crippen molar-refractivity contribution in [1.29, 1.82) is 0 Å². The van der Waals surface area contributed by atoms with E-state index in [1.807, 2.05) is 20.8 Å². The van der Waals surface area contributed by atoms with E-state index in [0.29, 0.717) is 5.92 Å². The lowest BCUT2D eigenvalue weighted by Gasteiger charge is -1.97. The van der Waals surface area contributed by atoms with Gasteiger partial charge in [-0.15, -0.1) is 0 Å². The van der Waals surface area contributed by atoms with Crippen molar-refractivity contribution in [3.05, 3.63) is 23.7 Å². The Morgan fingerprint density at radius 2 is 2.00 bits per heavy atom. The monoisotopic (exact) mass is 207 g/mol. The highest BCUT2D eigenvalue weighted by Gasteiger charge is 2.05. The number of nitrogens with one attached hydrogen (secondary N) is 1. The van der Waals surface area contributed by atoms with Gasteiger partial charge < -0.3 is 4.98 Å². The van der Waals surface area contributed by atoms with Crippen LogP contribution in [0.25, 0.3) is 11.2 Å². The molecule has 2 aromatic rings. The molecule has 0 radical (unpaired) electrons. The van der Waals surface area contributed by atoms with Crippen LogP contribution < -0.4 is 0 Å². The molecule has 0 saturated heterocycles. The number of H-pyrrole nitrogens is 1. The maximum Gasteiger partial charge on any atom is 0.156 e. The molecule has 84 valence electrons. The number of aromatic amines is 1. The van der Waals surface area contributed by atoms with Crippen LogP contribution in [-0.2, 0) is 0 Å². The van der Waals surface area contributed by atoms with E-state index in [4.69, 9.17) is 0 Å². The summed E-state index contributed by atoms with van der Waals surface area (Å²) in [6, 6.07) is 2.06. The maximum atomic E-state index is 4.36. The predicted molar refractivity (Wildman–Crippen MR) is 66.2 cm³/mol. The molecule has 0 unspecified atom stereocenters. The van der Waals surface area contributed by atoms with Crippen LogP contribution in [0.1, 0.15) is 46.4 Å². The highest BCUT2D eigenvalue weighted by molar-refractivity contribution is 5.71. The van der Waals surface area contributed by atoms with Gasteiger partial charge in [0.15, 0.2) is 5.65 Å². The van der Waals surface area contributed by atoms with E-state index in [1.165, 1.54) is 5.69 Å². The zero-order valence-electron chi connectivity index (χ0n) is 10.1. The third-order valence-electron chi connectivity index (χ3n) is 2.10. The lowest BCUT2D eigenvalue weighted by molar-refractivity contribution is 0.835. The van der Waals surface area contributed by atoms with E-state index < -0.39 is 0 Å². The molecule has 0 aromatic carbocycles. The van der Waals surface area contributed by atoms with Gasteiger partial charge in [0.25, 0.3) is 0 Å². The Morgan fingerprint density at radius 1 is 1.33 bits per heavy atom. The fraction of sp³-hybridized carbons (Fsp3) is 0.500. The van der Waals surface area contributed by atoms with Crippen LogP contribution in [0, 0.1) is 6.92 Å². The van der Waals surface area contributed by atoms with Crippen molar-refractivity contribution >= 4 is 11.2 Å². The highest BCUT2D eigenvalue weighted by Crippen LogP contribution is 2.17. The molecule has 1 N–H and O–H groups in total. The Kier molecular flexibility index (Phi) is 3.83.